The van der Waals surface area contributed by atoms with E-state index in [1.54, 1.807) is 0 Å². The van der Waals surface area contributed by atoms with Crippen LogP contribution in [0.25, 0.3) is 0 Å². The van der Waals surface area contributed by atoms with Gasteiger partial charge in [0.1, 0.15) is 0 Å². The monoisotopic (exact) mass is 310 g/mol. The lowest BCUT2D eigenvalue weighted by atomic mass is 10.1. The van der Waals surface area contributed by atoms with Gasteiger partial charge in [0.2, 0.25) is 5.91 Å². The molecule has 1 atom stereocenters. The lowest BCUT2D eigenvalue weighted by molar-refractivity contribution is -0.122. The van der Waals surface area contributed by atoms with Gasteiger partial charge in [-0.2, -0.15) is 0 Å². The van der Waals surface area contributed by atoms with Gasteiger partial charge in [-0.15, -0.1) is 0 Å². The van der Waals surface area contributed by atoms with Crippen molar-refractivity contribution in [3.8, 4) is 0 Å². The Bertz CT molecular complexity index is 607. The predicted molar refractivity (Wildman–Crippen MR) is 95.2 cm³/mol. The van der Waals surface area contributed by atoms with Gasteiger partial charge in [0.25, 0.3) is 0 Å². The maximum atomic E-state index is 12.2. The molecule has 0 spiro atoms. The number of likely N-dealkylation sites (N-methyl/N-ethyl adjacent to an activating group) is 1. The second-order valence-electron chi connectivity index (χ2n) is 6.04. The number of benzene rings is 2. The van der Waals surface area contributed by atoms with Gasteiger partial charge in [-0.3, -0.25) is 9.69 Å². The molecule has 3 heteroatoms. The quantitative estimate of drug-likeness (QED) is 0.848. The highest BCUT2D eigenvalue weighted by Crippen LogP contribution is 2.11. The van der Waals surface area contributed by atoms with Gasteiger partial charge in [-0.05, 0) is 37.1 Å². The number of aryl methyl sites for hydroxylation is 1. The molecule has 0 aliphatic heterocycles. The standard InChI is InChI=1S/C20H26N2O/c1-4-17-10-12-18(13-11-17)14-22(3)15-20(23)21-16(2)19-8-6-5-7-9-19/h5-13,16H,4,14-15H2,1-3H3,(H,21,23)/t16-/m0/s1. The van der Waals surface area contributed by atoms with Crippen LogP contribution in [0.5, 0.6) is 0 Å². The molecular formula is C20H26N2O. The lowest BCUT2D eigenvalue weighted by Crippen LogP contribution is -2.36. The molecule has 0 heterocycles. The normalized spacial score (nSPS) is 12.2. The largest absolute Gasteiger partial charge is 0.348 e. The summed E-state index contributed by atoms with van der Waals surface area (Å²) in [6, 6.07) is 18.6. The van der Waals surface area contributed by atoms with E-state index < -0.39 is 0 Å². The molecule has 0 bridgehead atoms. The summed E-state index contributed by atoms with van der Waals surface area (Å²) in [6.45, 7) is 5.33. The van der Waals surface area contributed by atoms with Crippen molar-refractivity contribution in [1.29, 1.82) is 0 Å². The molecule has 0 aliphatic carbocycles. The SMILES string of the molecule is CCc1ccc(CN(C)CC(=O)N[C@@H](C)c2ccccc2)cc1. The highest BCUT2D eigenvalue weighted by atomic mass is 16.2. The third-order valence-electron chi connectivity index (χ3n) is 3.97. The molecule has 3 nitrogen and oxygen atoms in total. The third kappa shape index (κ3) is 5.53. The van der Waals surface area contributed by atoms with E-state index in [0.717, 1.165) is 18.5 Å². The van der Waals surface area contributed by atoms with E-state index in [4.69, 9.17) is 0 Å². The molecule has 2 rings (SSSR count). The third-order valence-corrected chi connectivity index (χ3v) is 3.97. The molecule has 2 aromatic carbocycles. The topological polar surface area (TPSA) is 32.3 Å². The molecule has 0 saturated heterocycles. The molecule has 0 saturated carbocycles. The van der Waals surface area contributed by atoms with Crippen LogP contribution < -0.4 is 5.32 Å². The van der Waals surface area contributed by atoms with Gasteiger partial charge in [-0.25, -0.2) is 0 Å². The molecule has 0 aromatic heterocycles. The summed E-state index contributed by atoms with van der Waals surface area (Å²) in [5.74, 6) is 0.0500. The van der Waals surface area contributed by atoms with Crippen LogP contribution in [0.4, 0.5) is 0 Å². The van der Waals surface area contributed by atoms with Crippen molar-refractivity contribution in [3.63, 3.8) is 0 Å². The first kappa shape index (κ1) is 17.2. The van der Waals surface area contributed by atoms with Gasteiger partial charge in [0.05, 0.1) is 12.6 Å². The van der Waals surface area contributed by atoms with Gasteiger partial charge >= 0.3 is 0 Å². The maximum absolute atomic E-state index is 12.2. The molecule has 0 fully saturated rings. The number of nitrogens with one attached hydrogen (secondary N) is 1. The summed E-state index contributed by atoms with van der Waals surface area (Å²) >= 11 is 0. The van der Waals surface area contributed by atoms with Crippen LogP contribution in [0.15, 0.2) is 54.6 Å². The molecule has 0 unspecified atom stereocenters. The number of amides is 1. The zero-order valence-electron chi connectivity index (χ0n) is 14.3. The van der Waals surface area contributed by atoms with Crippen LogP contribution in [0.3, 0.4) is 0 Å². The summed E-state index contributed by atoms with van der Waals surface area (Å²) < 4.78 is 0. The molecule has 0 radical (unpaired) electrons. The number of carbonyl (C=O) groups excluding carboxylic acids is 1. The number of hydrogen-bond donors (Lipinski definition) is 1. The average molecular weight is 310 g/mol. The van der Waals surface area contributed by atoms with E-state index in [9.17, 15) is 4.79 Å². The van der Waals surface area contributed by atoms with Crippen LogP contribution >= 0.6 is 0 Å². The van der Waals surface area contributed by atoms with Crippen LogP contribution in [0.1, 0.15) is 36.6 Å². The summed E-state index contributed by atoms with van der Waals surface area (Å²) in [5, 5.41) is 3.05. The van der Waals surface area contributed by atoms with Crippen molar-refractivity contribution < 1.29 is 4.79 Å². The van der Waals surface area contributed by atoms with Crippen LogP contribution in [-0.4, -0.2) is 24.4 Å². The van der Waals surface area contributed by atoms with Crippen molar-refractivity contribution in [3.05, 3.63) is 71.3 Å². The Morgan fingerprint density at radius 3 is 2.26 bits per heavy atom. The number of nitrogens with zero attached hydrogens (tertiary/aromatic N) is 1. The van der Waals surface area contributed by atoms with E-state index >= 15 is 0 Å². The Kier molecular flexibility index (Phi) is 6.36. The van der Waals surface area contributed by atoms with Crippen molar-refractivity contribution >= 4 is 5.91 Å². The minimum atomic E-state index is 0.0286. The van der Waals surface area contributed by atoms with Gasteiger partial charge in [0.15, 0.2) is 0 Å². The Balaban J connectivity index is 1.82. The molecule has 122 valence electrons. The first-order valence-electron chi connectivity index (χ1n) is 8.19. The Morgan fingerprint density at radius 2 is 1.65 bits per heavy atom. The number of hydrogen-bond acceptors (Lipinski definition) is 2. The smallest absolute Gasteiger partial charge is 0.234 e. The fraction of sp³-hybridized carbons (Fsp3) is 0.350. The molecule has 1 amide bonds. The zero-order valence-corrected chi connectivity index (χ0v) is 14.3. The fourth-order valence-corrected chi connectivity index (χ4v) is 2.61. The number of carbonyl (C=O) groups is 1. The lowest BCUT2D eigenvalue weighted by Gasteiger charge is -2.19. The van der Waals surface area contributed by atoms with Gasteiger partial charge < -0.3 is 5.32 Å². The number of rotatable bonds is 7. The van der Waals surface area contributed by atoms with Crippen LogP contribution in [0.2, 0.25) is 0 Å². The first-order valence-corrected chi connectivity index (χ1v) is 8.19. The molecule has 1 N–H and O–H groups in total. The minimum Gasteiger partial charge on any atom is -0.348 e. The zero-order chi connectivity index (χ0) is 16.7. The summed E-state index contributed by atoms with van der Waals surface area (Å²) in [4.78, 5) is 14.2. The van der Waals surface area contributed by atoms with Crippen molar-refractivity contribution in [1.82, 2.24) is 10.2 Å². The van der Waals surface area contributed by atoms with E-state index in [2.05, 4.69) is 36.5 Å². The predicted octanol–water partition coefficient (Wildman–Crippen LogP) is 3.56. The van der Waals surface area contributed by atoms with E-state index in [-0.39, 0.29) is 11.9 Å². The van der Waals surface area contributed by atoms with E-state index in [1.165, 1.54) is 11.1 Å². The first-order chi connectivity index (χ1) is 11.1. The van der Waals surface area contributed by atoms with Crippen LogP contribution in [0, 0.1) is 0 Å². The van der Waals surface area contributed by atoms with Crippen molar-refractivity contribution in [2.24, 2.45) is 0 Å². The molecule has 2 aromatic rings. The van der Waals surface area contributed by atoms with E-state index in [0.29, 0.717) is 6.54 Å². The van der Waals surface area contributed by atoms with Crippen molar-refractivity contribution in [2.75, 3.05) is 13.6 Å². The maximum Gasteiger partial charge on any atom is 0.234 e. The van der Waals surface area contributed by atoms with Crippen molar-refractivity contribution in [2.45, 2.75) is 32.9 Å². The van der Waals surface area contributed by atoms with Crippen LogP contribution in [-0.2, 0) is 17.8 Å². The highest BCUT2D eigenvalue weighted by molar-refractivity contribution is 5.78. The van der Waals surface area contributed by atoms with Gasteiger partial charge in [-0.1, -0.05) is 61.5 Å². The molecule has 23 heavy (non-hydrogen) atoms. The Hall–Kier alpha value is -2.13. The second kappa shape index (κ2) is 8.49. The summed E-state index contributed by atoms with van der Waals surface area (Å²) in [5.41, 5.74) is 3.69. The second-order valence-corrected chi connectivity index (χ2v) is 6.04. The average Bonchev–Trinajstić information content (AvgIpc) is 2.56. The Morgan fingerprint density at radius 1 is 1.04 bits per heavy atom. The summed E-state index contributed by atoms with van der Waals surface area (Å²) in [7, 11) is 1.97. The minimum absolute atomic E-state index is 0.0286. The summed E-state index contributed by atoms with van der Waals surface area (Å²) in [6.07, 6.45) is 1.05. The van der Waals surface area contributed by atoms with E-state index in [1.807, 2.05) is 49.2 Å². The Labute approximate surface area is 139 Å². The fourth-order valence-electron chi connectivity index (χ4n) is 2.61. The van der Waals surface area contributed by atoms with Gasteiger partial charge in [0, 0.05) is 6.54 Å². The molecule has 0 aliphatic rings. The highest BCUT2D eigenvalue weighted by Gasteiger charge is 2.11. The molecular weight excluding hydrogens is 284 g/mol.